The summed E-state index contributed by atoms with van der Waals surface area (Å²) in [4.78, 5) is 16.0. The van der Waals surface area contributed by atoms with E-state index in [-0.39, 0.29) is 17.0 Å². The number of aromatic nitrogens is 1. The summed E-state index contributed by atoms with van der Waals surface area (Å²) in [6.07, 6.45) is -4.11. The number of thiazole rings is 1. The monoisotopic (exact) mass is 443 g/mol. The lowest BCUT2D eigenvalue weighted by Crippen LogP contribution is -2.33. The molecule has 0 aliphatic carbocycles. The average molecular weight is 443 g/mol. The summed E-state index contributed by atoms with van der Waals surface area (Å²) in [7, 11) is -3.82. The largest absolute Gasteiger partial charge is 0.405 e. The van der Waals surface area contributed by atoms with Gasteiger partial charge in [0.15, 0.2) is 0 Å². The number of benzene rings is 2. The molecule has 1 aromatic heterocycles. The summed E-state index contributed by atoms with van der Waals surface area (Å²) < 4.78 is 64.6. The third-order valence-electron chi connectivity index (χ3n) is 3.85. The van der Waals surface area contributed by atoms with Crippen molar-refractivity contribution in [3.8, 4) is 0 Å². The first-order chi connectivity index (χ1) is 13.6. The Bertz CT molecular complexity index is 1080. The van der Waals surface area contributed by atoms with Crippen LogP contribution in [0.3, 0.4) is 0 Å². The van der Waals surface area contributed by atoms with Gasteiger partial charge in [0.2, 0.25) is 10.0 Å². The summed E-state index contributed by atoms with van der Waals surface area (Å²) in [5, 5.41) is 2.52. The van der Waals surface area contributed by atoms with Gasteiger partial charge in [-0.05, 0) is 36.4 Å². The summed E-state index contributed by atoms with van der Waals surface area (Å²) in [5.74, 6) is -0.935. The third-order valence-corrected chi connectivity index (χ3v) is 6.42. The second kappa shape index (κ2) is 8.47. The van der Waals surface area contributed by atoms with Gasteiger partial charge in [0.25, 0.3) is 5.91 Å². The van der Waals surface area contributed by atoms with Gasteiger partial charge in [-0.1, -0.05) is 12.1 Å². The van der Waals surface area contributed by atoms with Gasteiger partial charge in [-0.15, -0.1) is 11.3 Å². The number of sulfonamides is 1. The van der Waals surface area contributed by atoms with Crippen LogP contribution in [0.2, 0.25) is 0 Å². The van der Waals surface area contributed by atoms with Crippen LogP contribution in [0, 0.1) is 0 Å². The molecule has 0 saturated carbocycles. The van der Waals surface area contributed by atoms with Gasteiger partial charge >= 0.3 is 6.18 Å². The van der Waals surface area contributed by atoms with Crippen molar-refractivity contribution in [3.05, 3.63) is 59.1 Å². The number of alkyl halides is 3. The van der Waals surface area contributed by atoms with Crippen LogP contribution < -0.4 is 10.0 Å². The van der Waals surface area contributed by atoms with Crippen molar-refractivity contribution in [3.63, 3.8) is 0 Å². The smallest absolute Gasteiger partial charge is 0.343 e. The van der Waals surface area contributed by atoms with Crippen molar-refractivity contribution in [2.24, 2.45) is 0 Å². The molecule has 2 N–H and O–H groups in total. The van der Waals surface area contributed by atoms with E-state index in [1.807, 2.05) is 24.3 Å². The van der Waals surface area contributed by atoms with Crippen LogP contribution in [0.5, 0.6) is 0 Å². The van der Waals surface area contributed by atoms with Gasteiger partial charge in [0.05, 0.1) is 20.1 Å². The van der Waals surface area contributed by atoms with E-state index in [0.717, 1.165) is 27.4 Å². The number of nitrogens with zero attached hydrogens (tertiary/aromatic N) is 1. The quantitative estimate of drug-likeness (QED) is 0.587. The maximum Gasteiger partial charge on any atom is 0.405 e. The Morgan fingerprint density at radius 2 is 1.76 bits per heavy atom. The molecule has 154 valence electrons. The fourth-order valence-electron chi connectivity index (χ4n) is 2.47. The number of fused-ring (bicyclic) bond motifs is 1. The maximum atomic E-state index is 12.4. The summed E-state index contributed by atoms with van der Waals surface area (Å²) in [6.45, 7) is -1.32. The van der Waals surface area contributed by atoms with Crippen LogP contribution in [0.4, 0.5) is 13.2 Å². The Morgan fingerprint density at radius 1 is 1.07 bits per heavy atom. The fourth-order valence-corrected chi connectivity index (χ4v) is 4.47. The second-order valence-corrected chi connectivity index (χ2v) is 8.93. The fraction of sp³-hybridized carbons (Fsp3) is 0.222. The number of carbonyl (C=O) groups excluding carboxylic acids is 1. The summed E-state index contributed by atoms with van der Waals surface area (Å²) in [6, 6.07) is 12.3. The van der Waals surface area contributed by atoms with Crippen molar-refractivity contribution < 1.29 is 26.4 Å². The Labute approximate surface area is 168 Å². The number of carbonyl (C=O) groups is 1. The highest BCUT2D eigenvalue weighted by molar-refractivity contribution is 7.89. The molecule has 2 aromatic carbocycles. The van der Waals surface area contributed by atoms with Crippen molar-refractivity contribution >= 4 is 37.5 Å². The van der Waals surface area contributed by atoms with E-state index in [1.165, 1.54) is 23.5 Å². The highest BCUT2D eigenvalue weighted by Crippen LogP contribution is 2.21. The number of para-hydroxylation sites is 1. The molecule has 0 bridgehead atoms. The number of nitrogens with one attached hydrogen (secondary N) is 2. The zero-order valence-electron chi connectivity index (χ0n) is 14.9. The minimum absolute atomic E-state index is 0.0670. The van der Waals surface area contributed by atoms with E-state index in [0.29, 0.717) is 6.42 Å². The molecule has 11 heteroatoms. The molecule has 0 aliphatic rings. The van der Waals surface area contributed by atoms with Crippen molar-refractivity contribution in [2.45, 2.75) is 17.5 Å². The molecular weight excluding hydrogens is 427 g/mol. The van der Waals surface area contributed by atoms with Crippen molar-refractivity contribution in [1.29, 1.82) is 0 Å². The molecule has 1 heterocycles. The SMILES string of the molecule is O=C(NCC(F)(F)F)c1ccc(S(=O)(=O)NCCc2nc3ccccc3s2)cc1. The molecule has 0 saturated heterocycles. The molecule has 6 nitrogen and oxygen atoms in total. The Balaban J connectivity index is 1.58. The standard InChI is InChI=1S/C18H16F3N3O3S2/c19-18(20,21)11-22-17(25)12-5-7-13(8-6-12)29(26,27)23-10-9-16-24-14-3-1-2-4-15(14)28-16/h1-8,23H,9-11H2,(H,22,25). The van der Waals surface area contributed by atoms with E-state index < -0.39 is 28.7 Å². The lowest BCUT2D eigenvalue weighted by molar-refractivity contribution is -0.123. The first-order valence-electron chi connectivity index (χ1n) is 8.43. The molecule has 0 atom stereocenters. The van der Waals surface area contributed by atoms with Crippen molar-refractivity contribution in [1.82, 2.24) is 15.0 Å². The Hall–Kier alpha value is -2.50. The van der Waals surface area contributed by atoms with Gasteiger partial charge < -0.3 is 5.32 Å². The number of amides is 1. The second-order valence-electron chi connectivity index (χ2n) is 6.05. The number of hydrogen-bond donors (Lipinski definition) is 2. The van der Waals surface area contributed by atoms with Gasteiger partial charge in [-0.25, -0.2) is 18.1 Å². The Kier molecular flexibility index (Phi) is 6.20. The minimum atomic E-state index is -4.52. The molecule has 0 unspecified atom stereocenters. The maximum absolute atomic E-state index is 12.4. The highest BCUT2D eigenvalue weighted by Gasteiger charge is 2.28. The van der Waals surface area contributed by atoms with E-state index in [9.17, 15) is 26.4 Å². The number of rotatable bonds is 7. The van der Waals surface area contributed by atoms with Crippen LogP contribution in [-0.2, 0) is 16.4 Å². The predicted octanol–water partition coefficient (Wildman–Crippen LogP) is 3.11. The van der Waals surface area contributed by atoms with Crippen LogP contribution in [0.1, 0.15) is 15.4 Å². The first kappa shape index (κ1) is 21.2. The summed E-state index contributed by atoms with van der Waals surface area (Å²) >= 11 is 1.48. The van der Waals surface area contributed by atoms with E-state index in [1.54, 1.807) is 5.32 Å². The normalized spacial score (nSPS) is 12.2. The molecule has 0 spiro atoms. The number of halogens is 3. The zero-order valence-corrected chi connectivity index (χ0v) is 16.5. The minimum Gasteiger partial charge on any atom is -0.343 e. The lowest BCUT2D eigenvalue weighted by atomic mass is 10.2. The third kappa shape index (κ3) is 5.75. The zero-order chi connectivity index (χ0) is 21.1. The molecule has 0 aliphatic heterocycles. The Morgan fingerprint density at radius 3 is 2.41 bits per heavy atom. The van der Waals surface area contributed by atoms with E-state index in [2.05, 4.69) is 9.71 Å². The van der Waals surface area contributed by atoms with Gasteiger partial charge in [0.1, 0.15) is 6.54 Å². The topological polar surface area (TPSA) is 88.2 Å². The van der Waals surface area contributed by atoms with Crippen LogP contribution in [-0.4, -0.2) is 38.6 Å². The molecule has 3 rings (SSSR count). The highest BCUT2D eigenvalue weighted by atomic mass is 32.2. The molecule has 29 heavy (non-hydrogen) atoms. The average Bonchev–Trinajstić information content (AvgIpc) is 3.08. The molecule has 0 fully saturated rings. The molecule has 1 amide bonds. The lowest BCUT2D eigenvalue weighted by Gasteiger charge is -2.09. The van der Waals surface area contributed by atoms with Gasteiger partial charge in [-0.2, -0.15) is 13.2 Å². The molecule has 0 radical (unpaired) electrons. The molecular formula is C18H16F3N3O3S2. The van der Waals surface area contributed by atoms with Gasteiger partial charge in [-0.3, -0.25) is 4.79 Å². The predicted molar refractivity (Wildman–Crippen MR) is 103 cm³/mol. The molecule has 3 aromatic rings. The van der Waals surface area contributed by atoms with Gasteiger partial charge in [0, 0.05) is 18.5 Å². The first-order valence-corrected chi connectivity index (χ1v) is 10.7. The van der Waals surface area contributed by atoms with Crippen LogP contribution in [0.25, 0.3) is 10.2 Å². The van der Waals surface area contributed by atoms with E-state index in [4.69, 9.17) is 0 Å². The van der Waals surface area contributed by atoms with E-state index >= 15 is 0 Å². The summed E-state index contributed by atoms with van der Waals surface area (Å²) in [5.41, 5.74) is 0.789. The van der Waals surface area contributed by atoms with Crippen molar-refractivity contribution in [2.75, 3.05) is 13.1 Å². The van der Waals surface area contributed by atoms with Crippen LogP contribution >= 0.6 is 11.3 Å². The number of hydrogen-bond acceptors (Lipinski definition) is 5. The van der Waals surface area contributed by atoms with Crippen LogP contribution in [0.15, 0.2) is 53.4 Å².